The summed E-state index contributed by atoms with van der Waals surface area (Å²) in [5.41, 5.74) is 3.11. The highest BCUT2D eigenvalue weighted by Gasteiger charge is 2.20. The van der Waals surface area contributed by atoms with Crippen molar-refractivity contribution in [3.63, 3.8) is 0 Å². The SMILES string of the molecule is CCOC(OCC)c1nc(-c2ccccc2)cn1Cc1ccc(Cl)cc1. The largest absolute Gasteiger partial charge is 0.346 e. The number of aromatic nitrogens is 2. The Morgan fingerprint density at radius 1 is 0.962 bits per heavy atom. The molecule has 0 saturated carbocycles. The molecule has 3 rings (SSSR count). The van der Waals surface area contributed by atoms with Gasteiger partial charge < -0.3 is 14.0 Å². The number of nitrogens with zero attached hydrogens (tertiary/aromatic N) is 2. The van der Waals surface area contributed by atoms with Crippen molar-refractivity contribution in [2.45, 2.75) is 26.7 Å². The Morgan fingerprint density at radius 3 is 2.23 bits per heavy atom. The van der Waals surface area contributed by atoms with Gasteiger partial charge in [0, 0.05) is 36.5 Å². The van der Waals surface area contributed by atoms with E-state index in [0.29, 0.717) is 19.8 Å². The van der Waals surface area contributed by atoms with Crippen LogP contribution in [0, 0.1) is 0 Å². The molecule has 3 aromatic rings. The van der Waals surface area contributed by atoms with Crippen LogP contribution in [0.25, 0.3) is 11.3 Å². The van der Waals surface area contributed by atoms with Gasteiger partial charge in [-0.2, -0.15) is 0 Å². The third kappa shape index (κ3) is 4.52. The topological polar surface area (TPSA) is 36.3 Å². The summed E-state index contributed by atoms with van der Waals surface area (Å²) in [6.07, 6.45) is 1.55. The zero-order chi connectivity index (χ0) is 18.4. The summed E-state index contributed by atoms with van der Waals surface area (Å²) < 4.78 is 13.7. The Kier molecular flexibility index (Phi) is 6.45. The van der Waals surface area contributed by atoms with E-state index in [1.165, 1.54) is 0 Å². The zero-order valence-electron chi connectivity index (χ0n) is 15.1. The highest BCUT2D eigenvalue weighted by atomic mass is 35.5. The van der Waals surface area contributed by atoms with Gasteiger partial charge in [0.1, 0.15) is 0 Å². The number of imidazole rings is 1. The van der Waals surface area contributed by atoms with Crippen molar-refractivity contribution >= 4 is 11.6 Å². The summed E-state index contributed by atoms with van der Waals surface area (Å²) in [6.45, 7) is 5.69. The number of benzene rings is 2. The van der Waals surface area contributed by atoms with E-state index in [2.05, 4.69) is 16.7 Å². The third-order valence-corrected chi connectivity index (χ3v) is 4.24. The van der Waals surface area contributed by atoms with Gasteiger partial charge in [-0.15, -0.1) is 0 Å². The molecule has 0 radical (unpaired) electrons. The van der Waals surface area contributed by atoms with Crippen LogP contribution in [0.15, 0.2) is 60.8 Å². The number of hydrogen-bond acceptors (Lipinski definition) is 3. The molecule has 0 amide bonds. The molecule has 1 heterocycles. The Hall–Kier alpha value is -2.14. The molecule has 0 saturated heterocycles. The van der Waals surface area contributed by atoms with Crippen LogP contribution >= 0.6 is 11.6 Å². The highest BCUT2D eigenvalue weighted by Crippen LogP contribution is 2.25. The number of halogens is 1. The second-order valence-corrected chi connectivity index (χ2v) is 6.28. The smallest absolute Gasteiger partial charge is 0.217 e. The van der Waals surface area contributed by atoms with Crippen molar-refractivity contribution in [2.24, 2.45) is 0 Å². The molecular formula is C21H23ClN2O2. The van der Waals surface area contributed by atoms with E-state index in [1.807, 2.05) is 62.5 Å². The molecule has 0 spiro atoms. The van der Waals surface area contributed by atoms with Crippen LogP contribution in [-0.4, -0.2) is 22.8 Å². The first kappa shape index (κ1) is 18.6. The molecule has 26 heavy (non-hydrogen) atoms. The van der Waals surface area contributed by atoms with Crippen LogP contribution in [0.2, 0.25) is 5.02 Å². The predicted molar refractivity (Wildman–Crippen MR) is 104 cm³/mol. The summed E-state index contributed by atoms with van der Waals surface area (Å²) in [5.74, 6) is 0.766. The highest BCUT2D eigenvalue weighted by molar-refractivity contribution is 6.30. The Labute approximate surface area is 159 Å². The summed E-state index contributed by atoms with van der Waals surface area (Å²) in [6, 6.07) is 18.0. The Morgan fingerprint density at radius 2 is 1.62 bits per heavy atom. The van der Waals surface area contributed by atoms with E-state index in [-0.39, 0.29) is 0 Å². The van der Waals surface area contributed by atoms with E-state index < -0.39 is 6.29 Å². The Bertz CT molecular complexity index is 810. The lowest BCUT2D eigenvalue weighted by Crippen LogP contribution is -2.15. The molecule has 0 N–H and O–H groups in total. The average Bonchev–Trinajstić information content (AvgIpc) is 3.08. The van der Waals surface area contributed by atoms with Crippen LogP contribution in [0.4, 0.5) is 0 Å². The van der Waals surface area contributed by atoms with Crippen LogP contribution in [-0.2, 0) is 16.0 Å². The van der Waals surface area contributed by atoms with Gasteiger partial charge in [-0.05, 0) is 31.5 Å². The standard InChI is InChI=1S/C21H23ClN2O2/c1-3-25-21(26-4-2)20-23-19(17-8-6-5-7-9-17)15-24(20)14-16-10-12-18(22)13-11-16/h5-13,15,21H,3-4,14H2,1-2H3. The number of rotatable bonds is 8. The second kappa shape index (κ2) is 8.99. The maximum Gasteiger partial charge on any atom is 0.217 e. The molecule has 0 aliphatic carbocycles. The molecule has 0 fully saturated rings. The van der Waals surface area contributed by atoms with Crippen molar-refractivity contribution < 1.29 is 9.47 Å². The quantitative estimate of drug-likeness (QED) is 0.503. The minimum atomic E-state index is -0.491. The molecule has 0 atom stereocenters. The summed E-state index contributed by atoms with van der Waals surface area (Å²) in [4.78, 5) is 4.82. The molecule has 0 bridgehead atoms. The average molecular weight is 371 g/mol. The monoisotopic (exact) mass is 370 g/mol. The van der Waals surface area contributed by atoms with Gasteiger partial charge in [0.25, 0.3) is 0 Å². The lowest BCUT2D eigenvalue weighted by Gasteiger charge is -2.18. The van der Waals surface area contributed by atoms with Crippen LogP contribution in [0.1, 0.15) is 31.5 Å². The first-order valence-corrected chi connectivity index (χ1v) is 9.19. The van der Waals surface area contributed by atoms with Crippen molar-refractivity contribution in [3.05, 3.63) is 77.2 Å². The molecule has 4 nitrogen and oxygen atoms in total. The van der Waals surface area contributed by atoms with Gasteiger partial charge in [-0.1, -0.05) is 54.1 Å². The van der Waals surface area contributed by atoms with Crippen LogP contribution < -0.4 is 0 Å². The van der Waals surface area contributed by atoms with Crippen molar-refractivity contribution in [3.8, 4) is 11.3 Å². The molecule has 0 unspecified atom stereocenters. The first-order chi connectivity index (χ1) is 12.7. The van der Waals surface area contributed by atoms with E-state index in [4.69, 9.17) is 26.1 Å². The molecular weight excluding hydrogens is 348 g/mol. The fourth-order valence-electron chi connectivity index (χ4n) is 2.78. The normalized spacial score (nSPS) is 11.2. The fourth-order valence-corrected chi connectivity index (χ4v) is 2.91. The van der Waals surface area contributed by atoms with Gasteiger partial charge in [0.2, 0.25) is 6.29 Å². The summed E-state index contributed by atoms with van der Waals surface area (Å²) >= 11 is 6.00. The van der Waals surface area contributed by atoms with E-state index in [0.717, 1.165) is 27.7 Å². The lowest BCUT2D eigenvalue weighted by molar-refractivity contribution is -0.146. The Balaban J connectivity index is 1.98. The van der Waals surface area contributed by atoms with Gasteiger partial charge >= 0.3 is 0 Å². The second-order valence-electron chi connectivity index (χ2n) is 5.85. The molecule has 0 aliphatic rings. The van der Waals surface area contributed by atoms with Crippen LogP contribution in [0.5, 0.6) is 0 Å². The van der Waals surface area contributed by atoms with E-state index >= 15 is 0 Å². The molecule has 136 valence electrons. The van der Waals surface area contributed by atoms with Crippen molar-refractivity contribution in [2.75, 3.05) is 13.2 Å². The van der Waals surface area contributed by atoms with Gasteiger partial charge in [-0.25, -0.2) is 4.98 Å². The van der Waals surface area contributed by atoms with Gasteiger partial charge in [0.15, 0.2) is 5.82 Å². The maximum atomic E-state index is 6.00. The molecule has 5 heteroatoms. The fraction of sp³-hybridized carbons (Fsp3) is 0.286. The zero-order valence-corrected chi connectivity index (χ0v) is 15.8. The van der Waals surface area contributed by atoms with Crippen molar-refractivity contribution in [1.29, 1.82) is 0 Å². The number of hydrogen-bond donors (Lipinski definition) is 0. The summed E-state index contributed by atoms with van der Waals surface area (Å²) in [7, 11) is 0. The molecule has 0 aliphatic heterocycles. The van der Waals surface area contributed by atoms with Crippen molar-refractivity contribution in [1.82, 2.24) is 9.55 Å². The van der Waals surface area contributed by atoms with Gasteiger partial charge in [0.05, 0.1) is 5.69 Å². The third-order valence-electron chi connectivity index (χ3n) is 3.99. The minimum Gasteiger partial charge on any atom is -0.346 e. The minimum absolute atomic E-state index is 0.491. The first-order valence-electron chi connectivity index (χ1n) is 8.81. The van der Waals surface area contributed by atoms with E-state index in [1.54, 1.807) is 0 Å². The summed E-state index contributed by atoms with van der Waals surface area (Å²) in [5, 5.41) is 0.728. The van der Waals surface area contributed by atoms with Crippen LogP contribution in [0.3, 0.4) is 0 Å². The lowest BCUT2D eigenvalue weighted by atomic mass is 10.2. The molecule has 2 aromatic carbocycles. The van der Waals surface area contributed by atoms with E-state index in [9.17, 15) is 0 Å². The number of ether oxygens (including phenoxy) is 2. The van der Waals surface area contributed by atoms with Gasteiger partial charge in [-0.3, -0.25) is 0 Å². The maximum absolute atomic E-state index is 6.00. The predicted octanol–water partition coefficient (Wildman–Crippen LogP) is 5.32. The molecule has 1 aromatic heterocycles.